The molecule has 0 bridgehead atoms. The van der Waals surface area contributed by atoms with Crippen molar-refractivity contribution >= 4 is 29.1 Å². The molecule has 26 heavy (non-hydrogen) atoms. The molecule has 2 aromatic carbocycles. The van der Waals surface area contributed by atoms with Crippen molar-refractivity contribution in [1.29, 1.82) is 0 Å². The molecule has 1 heterocycles. The number of aromatic nitrogens is 2. The molecule has 0 aliphatic carbocycles. The van der Waals surface area contributed by atoms with E-state index in [0.717, 1.165) is 22.4 Å². The molecular formula is C20H19ClN4O. The Labute approximate surface area is 157 Å². The molecule has 0 aliphatic heterocycles. The van der Waals surface area contributed by atoms with Gasteiger partial charge >= 0.3 is 0 Å². The number of hydrogen-bond acceptors (Lipinski definition) is 4. The molecule has 3 rings (SSSR count). The van der Waals surface area contributed by atoms with Crippen LogP contribution in [-0.2, 0) is 6.54 Å². The number of carbonyl (C=O) groups excluding carboxylic acids is 1. The van der Waals surface area contributed by atoms with Crippen molar-refractivity contribution < 1.29 is 4.79 Å². The fourth-order valence-electron chi connectivity index (χ4n) is 2.43. The van der Waals surface area contributed by atoms with Crippen LogP contribution in [0, 0.1) is 13.8 Å². The van der Waals surface area contributed by atoms with E-state index in [1.165, 1.54) is 0 Å². The molecule has 2 N–H and O–H groups in total. The number of nitrogens with one attached hydrogen (secondary N) is 2. The number of anilines is 2. The first-order valence-electron chi connectivity index (χ1n) is 8.22. The van der Waals surface area contributed by atoms with Crippen LogP contribution in [0.2, 0.25) is 5.02 Å². The first-order chi connectivity index (χ1) is 12.5. The van der Waals surface area contributed by atoms with E-state index in [9.17, 15) is 4.79 Å². The monoisotopic (exact) mass is 366 g/mol. The van der Waals surface area contributed by atoms with Gasteiger partial charge in [-0.2, -0.15) is 0 Å². The van der Waals surface area contributed by atoms with Crippen molar-refractivity contribution in [2.24, 2.45) is 0 Å². The van der Waals surface area contributed by atoms with Gasteiger partial charge in [0, 0.05) is 23.5 Å². The summed E-state index contributed by atoms with van der Waals surface area (Å²) in [7, 11) is 0. The Bertz CT molecular complexity index is 925. The molecule has 3 aromatic rings. The Morgan fingerprint density at radius 1 is 1.08 bits per heavy atom. The second-order valence-corrected chi connectivity index (χ2v) is 6.38. The maximum Gasteiger partial charge on any atom is 0.274 e. The molecule has 0 radical (unpaired) electrons. The van der Waals surface area contributed by atoms with Gasteiger partial charge in [0.05, 0.1) is 0 Å². The summed E-state index contributed by atoms with van der Waals surface area (Å²) in [6, 6.07) is 14.9. The molecule has 0 saturated heterocycles. The summed E-state index contributed by atoms with van der Waals surface area (Å²) in [5.41, 5.74) is 4.29. The first-order valence-corrected chi connectivity index (χ1v) is 8.59. The van der Waals surface area contributed by atoms with E-state index in [1.807, 2.05) is 56.3 Å². The first kappa shape index (κ1) is 17.9. The Hall–Kier alpha value is -2.92. The SMILES string of the molecule is Cc1cccc(NC(=O)c2ccnc(NCc3ccc(Cl)cc3)n2)c1C. The van der Waals surface area contributed by atoms with E-state index in [4.69, 9.17) is 11.6 Å². The molecule has 0 saturated carbocycles. The van der Waals surface area contributed by atoms with Gasteiger partial charge in [-0.25, -0.2) is 9.97 Å². The number of benzene rings is 2. The highest BCUT2D eigenvalue weighted by Gasteiger charge is 2.11. The Morgan fingerprint density at radius 3 is 2.62 bits per heavy atom. The molecule has 0 aliphatic rings. The summed E-state index contributed by atoms with van der Waals surface area (Å²) in [5.74, 6) is 0.129. The van der Waals surface area contributed by atoms with Crippen LogP contribution in [0.4, 0.5) is 11.6 Å². The highest BCUT2D eigenvalue weighted by Crippen LogP contribution is 2.18. The van der Waals surface area contributed by atoms with Crippen molar-refractivity contribution in [3.63, 3.8) is 0 Å². The van der Waals surface area contributed by atoms with E-state index in [2.05, 4.69) is 20.6 Å². The fraction of sp³-hybridized carbons (Fsp3) is 0.150. The van der Waals surface area contributed by atoms with Crippen molar-refractivity contribution in [2.75, 3.05) is 10.6 Å². The van der Waals surface area contributed by atoms with Crippen molar-refractivity contribution in [1.82, 2.24) is 9.97 Å². The molecule has 1 aromatic heterocycles. The molecule has 132 valence electrons. The lowest BCUT2D eigenvalue weighted by Gasteiger charge is -2.10. The minimum absolute atomic E-state index is 0.268. The standard InChI is InChI=1S/C20H19ClN4O/c1-13-4-3-5-17(14(13)2)24-19(26)18-10-11-22-20(25-18)23-12-15-6-8-16(21)9-7-15/h3-11H,12H2,1-2H3,(H,24,26)(H,22,23,25). The summed E-state index contributed by atoms with van der Waals surface area (Å²) in [5, 5.41) is 6.71. The number of nitrogens with zero attached hydrogens (tertiary/aromatic N) is 2. The zero-order valence-corrected chi connectivity index (χ0v) is 15.3. The maximum absolute atomic E-state index is 12.5. The van der Waals surface area contributed by atoms with Gasteiger partial charge < -0.3 is 10.6 Å². The van der Waals surface area contributed by atoms with Crippen LogP contribution in [0.5, 0.6) is 0 Å². The van der Waals surface area contributed by atoms with Gasteiger partial charge in [0.2, 0.25) is 5.95 Å². The van der Waals surface area contributed by atoms with Gasteiger partial charge in [-0.3, -0.25) is 4.79 Å². The predicted molar refractivity (Wildman–Crippen MR) is 105 cm³/mol. The third kappa shape index (κ3) is 4.37. The second kappa shape index (κ2) is 7.97. The highest BCUT2D eigenvalue weighted by atomic mass is 35.5. The third-order valence-electron chi connectivity index (χ3n) is 4.10. The number of aryl methyl sites for hydroxylation is 1. The van der Waals surface area contributed by atoms with Crippen LogP contribution in [-0.4, -0.2) is 15.9 Å². The molecule has 0 fully saturated rings. The van der Waals surface area contributed by atoms with E-state index in [1.54, 1.807) is 12.3 Å². The van der Waals surface area contributed by atoms with Gasteiger partial charge in [0.15, 0.2) is 0 Å². The van der Waals surface area contributed by atoms with Crippen LogP contribution in [0.3, 0.4) is 0 Å². The molecule has 0 unspecified atom stereocenters. The summed E-state index contributed by atoms with van der Waals surface area (Å²) in [4.78, 5) is 21.0. The van der Waals surface area contributed by atoms with Crippen molar-refractivity contribution in [3.05, 3.63) is 82.1 Å². The third-order valence-corrected chi connectivity index (χ3v) is 4.36. The Kier molecular flexibility index (Phi) is 5.49. The van der Waals surface area contributed by atoms with Gasteiger partial charge in [-0.1, -0.05) is 35.9 Å². The molecule has 1 amide bonds. The van der Waals surface area contributed by atoms with Crippen molar-refractivity contribution in [3.8, 4) is 0 Å². The Morgan fingerprint density at radius 2 is 1.85 bits per heavy atom. The number of carbonyl (C=O) groups is 1. The lowest BCUT2D eigenvalue weighted by molar-refractivity contribution is 0.102. The zero-order valence-electron chi connectivity index (χ0n) is 14.6. The quantitative estimate of drug-likeness (QED) is 0.691. The number of halogens is 1. The molecule has 6 heteroatoms. The van der Waals surface area contributed by atoms with Crippen LogP contribution in [0.15, 0.2) is 54.7 Å². The fourth-order valence-corrected chi connectivity index (χ4v) is 2.55. The molecule has 5 nitrogen and oxygen atoms in total. The zero-order chi connectivity index (χ0) is 18.5. The van der Waals surface area contributed by atoms with Gasteiger partial charge in [-0.15, -0.1) is 0 Å². The summed E-state index contributed by atoms with van der Waals surface area (Å²) in [6.45, 7) is 4.53. The highest BCUT2D eigenvalue weighted by molar-refractivity contribution is 6.30. The lowest BCUT2D eigenvalue weighted by Crippen LogP contribution is -2.16. The minimum Gasteiger partial charge on any atom is -0.350 e. The summed E-state index contributed by atoms with van der Waals surface area (Å²) in [6.07, 6.45) is 1.56. The molecular weight excluding hydrogens is 348 g/mol. The van der Waals surface area contributed by atoms with Crippen LogP contribution in [0.25, 0.3) is 0 Å². The van der Waals surface area contributed by atoms with E-state index in [-0.39, 0.29) is 5.91 Å². The minimum atomic E-state index is -0.268. The van der Waals surface area contributed by atoms with E-state index >= 15 is 0 Å². The summed E-state index contributed by atoms with van der Waals surface area (Å²) < 4.78 is 0. The normalized spacial score (nSPS) is 10.4. The van der Waals surface area contributed by atoms with Crippen molar-refractivity contribution in [2.45, 2.75) is 20.4 Å². The number of amides is 1. The van der Waals surface area contributed by atoms with Crippen LogP contribution >= 0.6 is 11.6 Å². The average molecular weight is 367 g/mol. The second-order valence-electron chi connectivity index (χ2n) is 5.95. The lowest BCUT2D eigenvalue weighted by atomic mass is 10.1. The molecule has 0 atom stereocenters. The smallest absolute Gasteiger partial charge is 0.274 e. The van der Waals surface area contributed by atoms with Gasteiger partial charge in [0.1, 0.15) is 5.69 Å². The van der Waals surface area contributed by atoms with Crippen LogP contribution in [0.1, 0.15) is 27.2 Å². The van der Waals surface area contributed by atoms with Gasteiger partial charge in [-0.05, 0) is 54.8 Å². The predicted octanol–water partition coefficient (Wildman–Crippen LogP) is 4.61. The number of hydrogen-bond donors (Lipinski definition) is 2. The number of rotatable bonds is 5. The summed E-state index contributed by atoms with van der Waals surface area (Å²) >= 11 is 5.88. The van der Waals surface area contributed by atoms with Crippen LogP contribution < -0.4 is 10.6 Å². The Balaban J connectivity index is 1.69. The average Bonchev–Trinajstić information content (AvgIpc) is 2.65. The van der Waals surface area contributed by atoms with Gasteiger partial charge in [0.25, 0.3) is 5.91 Å². The van der Waals surface area contributed by atoms with E-state index in [0.29, 0.717) is 23.2 Å². The topological polar surface area (TPSA) is 66.9 Å². The van der Waals surface area contributed by atoms with E-state index < -0.39 is 0 Å². The largest absolute Gasteiger partial charge is 0.350 e. The maximum atomic E-state index is 12.5. The molecule has 0 spiro atoms.